The van der Waals surface area contributed by atoms with E-state index in [1.54, 1.807) is 0 Å². The minimum atomic E-state index is 0.230. The van der Waals surface area contributed by atoms with Crippen LogP contribution in [0.25, 0.3) is 0 Å². The van der Waals surface area contributed by atoms with Crippen molar-refractivity contribution in [3.63, 3.8) is 0 Å². The first-order chi connectivity index (χ1) is 9.77. The summed E-state index contributed by atoms with van der Waals surface area (Å²) >= 11 is 0. The molecule has 0 saturated carbocycles. The first kappa shape index (κ1) is 17.0. The topological polar surface area (TPSA) is 35.2 Å². The van der Waals surface area contributed by atoms with E-state index in [1.807, 2.05) is 6.07 Å². The maximum atomic E-state index is 6.04. The van der Waals surface area contributed by atoms with Crippen molar-refractivity contribution in [3.8, 4) is 5.75 Å². The average molecular weight is 277 g/mol. The molecule has 0 aliphatic rings. The molecule has 0 amide bonds. The molecule has 1 rings (SSSR count). The number of ether oxygens (including phenoxy) is 1. The summed E-state index contributed by atoms with van der Waals surface area (Å²) in [6.45, 7) is 5.20. The Morgan fingerprint density at radius 3 is 2.45 bits per heavy atom. The number of hydrogen-bond donors (Lipinski definition) is 1. The van der Waals surface area contributed by atoms with Crippen molar-refractivity contribution in [2.75, 3.05) is 6.61 Å². The first-order valence-electron chi connectivity index (χ1n) is 8.24. The van der Waals surface area contributed by atoms with Gasteiger partial charge in [0, 0.05) is 6.04 Å². The third-order valence-electron chi connectivity index (χ3n) is 3.73. The molecule has 0 aliphatic carbocycles. The summed E-state index contributed by atoms with van der Waals surface area (Å²) in [6, 6.07) is 8.53. The van der Waals surface area contributed by atoms with Gasteiger partial charge in [0.25, 0.3) is 0 Å². The number of benzene rings is 1. The van der Waals surface area contributed by atoms with Crippen LogP contribution < -0.4 is 10.5 Å². The zero-order valence-corrected chi connectivity index (χ0v) is 13.2. The molecular weight excluding hydrogens is 246 g/mol. The maximum absolute atomic E-state index is 6.04. The molecule has 114 valence electrons. The van der Waals surface area contributed by atoms with E-state index >= 15 is 0 Å². The van der Waals surface area contributed by atoms with E-state index in [0.29, 0.717) is 0 Å². The van der Waals surface area contributed by atoms with Crippen molar-refractivity contribution in [3.05, 3.63) is 29.8 Å². The standard InChI is InChI=1S/C18H31NO/c1-3-5-6-7-8-11-14-20-18-13-10-9-12-16(18)15-17(19)4-2/h9-10,12-13,17H,3-8,11,14-15,19H2,1-2H3. The molecule has 0 spiro atoms. The monoisotopic (exact) mass is 277 g/mol. The molecular formula is C18H31NO. The molecule has 0 saturated heterocycles. The van der Waals surface area contributed by atoms with Crippen molar-refractivity contribution in [1.82, 2.24) is 0 Å². The number of rotatable bonds is 11. The molecule has 1 atom stereocenters. The predicted molar refractivity (Wildman–Crippen MR) is 87.3 cm³/mol. The van der Waals surface area contributed by atoms with E-state index in [1.165, 1.54) is 37.7 Å². The second-order valence-electron chi connectivity index (χ2n) is 5.60. The first-order valence-corrected chi connectivity index (χ1v) is 8.24. The number of para-hydroxylation sites is 1. The van der Waals surface area contributed by atoms with Gasteiger partial charge in [-0.15, -0.1) is 0 Å². The van der Waals surface area contributed by atoms with Crippen molar-refractivity contribution in [2.24, 2.45) is 5.73 Å². The highest BCUT2D eigenvalue weighted by molar-refractivity contribution is 5.33. The molecule has 2 nitrogen and oxygen atoms in total. The fourth-order valence-corrected chi connectivity index (χ4v) is 2.30. The zero-order chi connectivity index (χ0) is 14.6. The lowest BCUT2D eigenvalue weighted by molar-refractivity contribution is 0.300. The van der Waals surface area contributed by atoms with Crippen molar-refractivity contribution >= 4 is 0 Å². The Hall–Kier alpha value is -1.02. The molecule has 0 radical (unpaired) electrons. The quantitative estimate of drug-likeness (QED) is 0.595. The van der Waals surface area contributed by atoms with Gasteiger partial charge in [0.05, 0.1) is 6.61 Å². The third kappa shape index (κ3) is 6.95. The fourth-order valence-electron chi connectivity index (χ4n) is 2.30. The molecule has 1 aromatic rings. The van der Waals surface area contributed by atoms with Crippen LogP contribution in [0.5, 0.6) is 5.75 Å². The summed E-state index contributed by atoms with van der Waals surface area (Å²) in [4.78, 5) is 0. The van der Waals surface area contributed by atoms with Gasteiger partial charge >= 0.3 is 0 Å². The number of nitrogens with two attached hydrogens (primary N) is 1. The second-order valence-corrected chi connectivity index (χ2v) is 5.60. The SMILES string of the molecule is CCCCCCCCOc1ccccc1CC(N)CC. The highest BCUT2D eigenvalue weighted by Crippen LogP contribution is 2.20. The van der Waals surface area contributed by atoms with Gasteiger partial charge in [0.15, 0.2) is 0 Å². The van der Waals surface area contributed by atoms with Crippen LogP contribution >= 0.6 is 0 Å². The van der Waals surface area contributed by atoms with Gasteiger partial charge in [-0.2, -0.15) is 0 Å². The van der Waals surface area contributed by atoms with Crippen molar-refractivity contribution in [1.29, 1.82) is 0 Å². The van der Waals surface area contributed by atoms with Gasteiger partial charge < -0.3 is 10.5 Å². The Morgan fingerprint density at radius 2 is 1.70 bits per heavy atom. The zero-order valence-electron chi connectivity index (χ0n) is 13.2. The highest BCUT2D eigenvalue weighted by Gasteiger charge is 2.07. The average Bonchev–Trinajstić information content (AvgIpc) is 2.47. The highest BCUT2D eigenvalue weighted by atomic mass is 16.5. The van der Waals surface area contributed by atoms with Crippen molar-refractivity contribution in [2.45, 2.75) is 71.3 Å². The predicted octanol–water partition coefficient (Wildman–Crippen LogP) is 4.71. The van der Waals surface area contributed by atoms with Crippen LogP contribution in [-0.4, -0.2) is 12.6 Å². The van der Waals surface area contributed by atoms with Crippen LogP contribution in [0.3, 0.4) is 0 Å². The summed E-state index contributed by atoms with van der Waals surface area (Å²) in [7, 11) is 0. The second kappa shape index (κ2) is 10.7. The normalized spacial score (nSPS) is 12.3. The van der Waals surface area contributed by atoms with Crippen LogP contribution in [0, 0.1) is 0 Å². The van der Waals surface area contributed by atoms with Crippen molar-refractivity contribution < 1.29 is 4.74 Å². The molecule has 0 aromatic heterocycles. The van der Waals surface area contributed by atoms with E-state index in [9.17, 15) is 0 Å². The van der Waals surface area contributed by atoms with Gasteiger partial charge in [0.1, 0.15) is 5.75 Å². The maximum Gasteiger partial charge on any atom is 0.122 e. The fraction of sp³-hybridized carbons (Fsp3) is 0.667. The Kier molecular flexibility index (Phi) is 9.14. The Labute approximate surface area is 124 Å². The van der Waals surface area contributed by atoms with Gasteiger partial charge in [-0.1, -0.05) is 64.2 Å². The largest absolute Gasteiger partial charge is 0.493 e. The van der Waals surface area contributed by atoms with Crippen LogP contribution in [0.1, 0.15) is 64.4 Å². The Balaban J connectivity index is 2.28. The van der Waals surface area contributed by atoms with Crippen LogP contribution in [0.15, 0.2) is 24.3 Å². The molecule has 0 aliphatic heterocycles. The van der Waals surface area contributed by atoms with E-state index in [-0.39, 0.29) is 6.04 Å². The van der Waals surface area contributed by atoms with Crippen LogP contribution in [0.2, 0.25) is 0 Å². The summed E-state index contributed by atoms with van der Waals surface area (Å²) in [5, 5.41) is 0. The molecule has 1 unspecified atom stereocenters. The summed E-state index contributed by atoms with van der Waals surface area (Å²) < 4.78 is 5.93. The van der Waals surface area contributed by atoms with Gasteiger partial charge in [-0.05, 0) is 30.9 Å². The van der Waals surface area contributed by atoms with E-state index < -0.39 is 0 Å². The van der Waals surface area contributed by atoms with Gasteiger partial charge in [-0.3, -0.25) is 0 Å². The van der Waals surface area contributed by atoms with Crippen LogP contribution in [0.4, 0.5) is 0 Å². The molecule has 20 heavy (non-hydrogen) atoms. The van der Waals surface area contributed by atoms with E-state index in [2.05, 4.69) is 32.0 Å². The molecule has 1 aromatic carbocycles. The van der Waals surface area contributed by atoms with Crippen LogP contribution in [-0.2, 0) is 6.42 Å². The van der Waals surface area contributed by atoms with E-state index in [0.717, 1.165) is 31.6 Å². The number of unbranched alkanes of at least 4 members (excludes halogenated alkanes) is 5. The lowest BCUT2D eigenvalue weighted by Gasteiger charge is -2.14. The van der Waals surface area contributed by atoms with E-state index in [4.69, 9.17) is 10.5 Å². The molecule has 0 heterocycles. The molecule has 2 heteroatoms. The van der Waals surface area contributed by atoms with Gasteiger partial charge in [-0.25, -0.2) is 0 Å². The third-order valence-corrected chi connectivity index (χ3v) is 3.73. The molecule has 0 bridgehead atoms. The molecule has 0 fully saturated rings. The number of hydrogen-bond acceptors (Lipinski definition) is 2. The molecule has 2 N–H and O–H groups in total. The Bertz CT molecular complexity index is 351. The smallest absolute Gasteiger partial charge is 0.122 e. The summed E-state index contributed by atoms with van der Waals surface area (Å²) in [5.74, 6) is 1.02. The Morgan fingerprint density at radius 1 is 1.00 bits per heavy atom. The lowest BCUT2D eigenvalue weighted by atomic mass is 10.0. The summed E-state index contributed by atoms with van der Waals surface area (Å²) in [6.07, 6.45) is 9.70. The lowest BCUT2D eigenvalue weighted by Crippen LogP contribution is -2.21. The minimum Gasteiger partial charge on any atom is -0.493 e. The minimum absolute atomic E-state index is 0.230. The summed E-state index contributed by atoms with van der Waals surface area (Å²) in [5.41, 5.74) is 7.28. The van der Waals surface area contributed by atoms with Gasteiger partial charge in [0.2, 0.25) is 0 Å².